The number of morpholine rings is 1. The molecule has 0 bridgehead atoms. The minimum Gasteiger partial charge on any atom is -0.497 e. The van der Waals surface area contributed by atoms with E-state index < -0.39 is 6.03 Å². The highest BCUT2D eigenvalue weighted by atomic mass is 35.5. The molecule has 45 heavy (non-hydrogen) atoms. The molecule has 15 heteroatoms. The maximum Gasteiger partial charge on any atom is 0.328 e. The van der Waals surface area contributed by atoms with Gasteiger partial charge in [0.1, 0.15) is 23.6 Å². The van der Waals surface area contributed by atoms with E-state index in [-0.39, 0.29) is 29.7 Å². The van der Waals surface area contributed by atoms with Crippen molar-refractivity contribution in [3.05, 3.63) is 53.2 Å². The molecule has 1 fully saturated rings. The number of nitrogens with one attached hydrogen (secondary N) is 1. The molecule has 1 aliphatic heterocycles. The Morgan fingerprint density at radius 1 is 1.13 bits per heavy atom. The highest BCUT2D eigenvalue weighted by Crippen LogP contribution is 2.29. The van der Waals surface area contributed by atoms with E-state index in [0.29, 0.717) is 54.0 Å². The van der Waals surface area contributed by atoms with E-state index in [1.807, 2.05) is 50.1 Å². The summed E-state index contributed by atoms with van der Waals surface area (Å²) in [7, 11) is 5.05. The largest absolute Gasteiger partial charge is 0.497 e. The lowest BCUT2D eigenvalue weighted by molar-refractivity contribution is 0.0320. The minimum atomic E-state index is -0.433. The lowest BCUT2D eigenvalue weighted by Crippen LogP contribution is -2.42. The number of methoxy groups -OCH3 is 2. The van der Waals surface area contributed by atoms with Crippen LogP contribution in [0.4, 0.5) is 22.1 Å². The Morgan fingerprint density at radius 2 is 1.91 bits per heavy atom. The van der Waals surface area contributed by atoms with Crippen molar-refractivity contribution < 1.29 is 23.7 Å². The zero-order valence-corrected chi connectivity index (χ0v) is 26.7. The summed E-state index contributed by atoms with van der Waals surface area (Å²) in [6.45, 7) is 7.21. The van der Waals surface area contributed by atoms with Crippen LogP contribution in [-0.2, 0) is 22.6 Å². The number of rotatable bonds is 11. The first-order chi connectivity index (χ1) is 21.7. The number of aromatic nitrogens is 5. The van der Waals surface area contributed by atoms with Gasteiger partial charge in [0.05, 0.1) is 51.9 Å². The number of amides is 1. The first-order valence-corrected chi connectivity index (χ1v) is 14.9. The number of anilines is 3. The molecule has 0 radical (unpaired) electrons. The number of halogens is 1. The molecule has 0 spiro atoms. The fourth-order valence-corrected chi connectivity index (χ4v) is 5.11. The number of benzene rings is 1. The molecule has 0 saturated carbocycles. The number of nitrogens with zero attached hydrogens (tertiary/aromatic N) is 7. The number of carbonyl (C=O) groups excluding carboxylic acids is 1. The van der Waals surface area contributed by atoms with E-state index >= 15 is 0 Å². The number of nitrogen functional groups attached to an aromatic ring is 1. The Morgan fingerprint density at radius 3 is 2.64 bits per heavy atom. The zero-order valence-electron chi connectivity index (χ0n) is 26.0. The third-order valence-corrected chi connectivity index (χ3v) is 7.77. The van der Waals surface area contributed by atoms with Crippen molar-refractivity contribution in [2.24, 2.45) is 0 Å². The quantitative estimate of drug-likeness (QED) is 0.231. The average molecular weight is 640 g/mol. The van der Waals surface area contributed by atoms with Crippen molar-refractivity contribution in [1.82, 2.24) is 29.8 Å². The van der Waals surface area contributed by atoms with Crippen LogP contribution in [0.3, 0.4) is 0 Å². The maximum absolute atomic E-state index is 13.4. The number of carbonyl (C=O) groups is 1. The third-order valence-electron chi connectivity index (χ3n) is 7.60. The summed E-state index contributed by atoms with van der Waals surface area (Å²) < 4.78 is 23.7. The van der Waals surface area contributed by atoms with Gasteiger partial charge in [-0.1, -0.05) is 0 Å². The molecule has 3 N–H and O–H groups in total. The number of pyridine rings is 1. The minimum absolute atomic E-state index is 0.0172. The SMILES string of the molecule is COc1ccc(CN(C)c2nc(Cl)nc3c2ncn3C(=O)N[C@H](C)[C@@H](C)OCc2cc(N)cc(N3CCOCC3)n2)c(OC)c1. The number of nitrogens with two attached hydrogens (primary N) is 1. The van der Waals surface area contributed by atoms with Crippen molar-refractivity contribution in [1.29, 1.82) is 0 Å². The molecule has 0 aliphatic carbocycles. The summed E-state index contributed by atoms with van der Waals surface area (Å²) in [5.41, 5.74) is 9.06. The highest BCUT2D eigenvalue weighted by Gasteiger charge is 2.23. The summed E-state index contributed by atoms with van der Waals surface area (Å²) in [6.07, 6.45) is 1.05. The fourth-order valence-electron chi connectivity index (χ4n) is 4.95. The van der Waals surface area contributed by atoms with E-state index in [2.05, 4.69) is 25.2 Å². The second-order valence-electron chi connectivity index (χ2n) is 10.7. The van der Waals surface area contributed by atoms with Crippen molar-refractivity contribution >= 4 is 46.1 Å². The molecule has 4 heterocycles. The summed E-state index contributed by atoms with van der Waals surface area (Å²) in [5.74, 6) is 2.61. The van der Waals surface area contributed by atoms with Crippen LogP contribution >= 0.6 is 11.6 Å². The number of ether oxygens (including phenoxy) is 4. The van der Waals surface area contributed by atoms with Gasteiger partial charge < -0.3 is 39.8 Å². The van der Waals surface area contributed by atoms with E-state index in [1.54, 1.807) is 20.3 Å². The molecular formula is C30H38ClN9O5. The molecule has 4 aromatic rings. The Kier molecular flexibility index (Phi) is 10.1. The standard InChI is InChI=1S/C30H38ClN9O5/c1-18(19(2)45-16-22-12-21(32)13-25(35-22)39-8-10-44-11-9-39)34-30(41)40-17-33-26-27(36-29(31)37-28(26)40)38(3)15-20-6-7-23(42-4)14-24(20)43-5/h6-7,12-14,17-19H,8-11,15-16H2,1-5H3,(H2,32,35)(H,34,41)/t18-,19-/m1/s1. The van der Waals surface area contributed by atoms with Gasteiger partial charge in [-0.2, -0.15) is 9.97 Å². The first-order valence-electron chi connectivity index (χ1n) is 14.5. The van der Waals surface area contributed by atoms with Crippen LogP contribution in [0.5, 0.6) is 11.5 Å². The molecule has 2 atom stereocenters. The number of hydrogen-bond donors (Lipinski definition) is 2. The molecule has 1 aliphatic rings. The van der Waals surface area contributed by atoms with Crippen LogP contribution in [0.25, 0.3) is 11.2 Å². The van der Waals surface area contributed by atoms with Crippen molar-refractivity contribution in [3.63, 3.8) is 0 Å². The average Bonchev–Trinajstić information content (AvgIpc) is 3.47. The van der Waals surface area contributed by atoms with E-state index in [4.69, 9.17) is 41.3 Å². The number of fused-ring (bicyclic) bond motifs is 1. The Balaban J connectivity index is 1.25. The summed E-state index contributed by atoms with van der Waals surface area (Å²) in [4.78, 5) is 35.3. The van der Waals surface area contributed by atoms with Crippen LogP contribution < -0.4 is 30.3 Å². The Bertz CT molecular complexity index is 1650. The zero-order chi connectivity index (χ0) is 32.1. The van der Waals surface area contributed by atoms with Crippen LogP contribution in [-0.4, -0.2) is 90.3 Å². The third kappa shape index (κ3) is 7.47. The van der Waals surface area contributed by atoms with Crippen LogP contribution in [0.2, 0.25) is 5.28 Å². The predicted molar refractivity (Wildman–Crippen MR) is 171 cm³/mol. The first kappa shape index (κ1) is 32.0. The highest BCUT2D eigenvalue weighted by molar-refractivity contribution is 6.28. The van der Waals surface area contributed by atoms with E-state index in [9.17, 15) is 4.79 Å². The molecule has 5 rings (SSSR count). The summed E-state index contributed by atoms with van der Waals surface area (Å²) >= 11 is 6.32. The van der Waals surface area contributed by atoms with Crippen molar-refractivity contribution in [3.8, 4) is 11.5 Å². The second kappa shape index (κ2) is 14.1. The number of imidazole rings is 1. The van der Waals surface area contributed by atoms with E-state index in [0.717, 1.165) is 24.5 Å². The maximum atomic E-state index is 13.4. The Labute approximate surface area is 266 Å². The van der Waals surface area contributed by atoms with Crippen LogP contribution in [0.1, 0.15) is 25.1 Å². The molecule has 1 saturated heterocycles. The molecule has 240 valence electrons. The van der Waals surface area contributed by atoms with Gasteiger partial charge in [0, 0.05) is 50.1 Å². The van der Waals surface area contributed by atoms with Gasteiger partial charge in [0.15, 0.2) is 17.0 Å². The number of hydrogen-bond acceptors (Lipinski definition) is 12. The molecular weight excluding hydrogens is 602 g/mol. The molecule has 3 aromatic heterocycles. The van der Waals surface area contributed by atoms with Crippen molar-refractivity contribution in [2.45, 2.75) is 39.1 Å². The van der Waals surface area contributed by atoms with Crippen molar-refractivity contribution in [2.75, 3.05) is 63.1 Å². The summed E-state index contributed by atoms with van der Waals surface area (Å²) in [5, 5.41) is 2.95. The van der Waals surface area contributed by atoms with Gasteiger partial charge in [-0.25, -0.2) is 19.3 Å². The van der Waals surface area contributed by atoms with Gasteiger partial charge >= 0.3 is 6.03 Å². The molecule has 1 aromatic carbocycles. The smallest absolute Gasteiger partial charge is 0.328 e. The van der Waals surface area contributed by atoms with Gasteiger partial charge in [-0.3, -0.25) is 0 Å². The lowest BCUT2D eigenvalue weighted by atomic mass is 10.1. The van der Waals surface area contributed by atoms with Gasteiger partial charge in [0.2, 0.25) is 5.28 Å². The molecule has 14 nitrogen and oxygen atoms in total. The van der Waals surface area contributed by atoms with Crippen LogP contribution in [0.15, 0.2) is 36.7 Å². The second-order valence-corrected chi connectivity index (χ2v) is 11.1. The monoisotopic (exact) mass is 639 g/mol. The summed E-state index contributed by atoms with van der Waals surface area (Å²) in [6, 6.07) is 8.43. The predicted octanol–water partition coefficient (Wildman–Crippen LogP) is 3.50. The lowest BCUT2D eigenvalue weighted by Gasteiger charge is -2.28. The van der Waals surface area contributed by atoms with Gasteiger partial charge in [0.25, 0.3) is 0 Å². The molecule has 1 amide bonds. The molecule has 0 unspecified atom stereocenters. The van der Waals surface area contributed by atoms with E-state index in [1.165, 1.54) is 10.9 Å². The van der Waals surface area contributed by atoms with Crippen LogP contribution in [0, 0.1) is 0 Å². The fraction of sp³-hybridized carbons (Fsp3) is 0.433. The Hall–Kier alpha value is -4.40. The van der Waals surface area contributed by atoms with Gasteiger partial charge in [-0.05, 0) is 43.6 Å². The normalized spacial score (nSPS) is 14.7. The topological polar surface area (TPSA) is 155 Å². The van der Waals surface area contributed by atoms with Gasteiger partial charge in [-0.15, -0.1) is 0 Å².